The molecule has 1 fully saturated rings. The van der Waals surface area contributed by atoms with Crippen molar-refractivity contribution >= 4 is 34.6 Å². The molecule has 0 unspecified atom stereocenters. The fraction of sp³-hybridized carbons (Fsp3) is 0.353. The Morgan fingerprint density at radius 1 is 1.32 bits per heavy atom. The van der Waals surface area contributed by atoms with Crippen molar-refractivity contribution in [3.8, 4) is 11.3 Å². The predicted molar refractivity (Wildman–Crippen MR) is 102 cm³/mol. The van der Waals surface area contributed by atoms with Gasteiger partial charge in [-0.15, -0.1) is 11.3 Å². The van der Waals surface area contributed by atoms with Crippen LogP contribution < -0.4 is 16.2 Å². The summed E-state index contributed by atoms with van der Waals surface area (Å²) < 4.78 is 5.50. The Labute approximate surface area is 156 Å². The van der Waals surface area contributed by atoms with Crippen LogP contribution in [0.25, 0.3) is 11.3 Å². The molecule has 1 aliphatic heterocycles. The highest BCUT2D eigenvalue weighted by Crippen LogP contribution is 2.21. The predicted octanol–water partition coefficient (Wildman–Crippen LogP) is 2.03. The van der Waals surface area contributed by atoms with Crippen LogP contribution in [0.5, 0.6) is 0 Å². The van der Waals surface area contributed by atoms with Crippen LogP contribution in [0.2, 0.25) is 0 Å². The second kappa shape index (κ2) is 8.89. The molecule has 1 aliphatic rings. The first-order chi connectivity index (χ1) is 12.2. The summed E-state index contributed by atoms with van der Waals surface area (Å²) in [6.45, 7) is 1.46. The number of thiazole rings is 1. The zero-order chi connectivity index (χ0) is 17.5. The van der Waals surface area contributed by atoms with E-state index in [0.717, 1.165) is 35.7 Å². The monoisotopic (exact) mass is 376 g/mol. The Morgan fingerprint density at radius 3 is 2.92 bits per heavy atom. The van der Waals surface area contributed by atoms with E-state index in [1.54, 1.807) is 0 Å². The van der Waals surface area contributed by atoms with Crippen LogP contribution in [-0.4, -0.2) is 35.3 Å². The van der Waals surface area contributed by atoms with E-state index in [4.69, 9.17) is 17.0 Å². The molecule has 1 aromatic heterocycles. The van der Waals surface area contributed by atoms with E-state index in [2.05, 4.69) is 21.2 Å². The van der Waals surface area contributed by atoms with Gasteiger partial charge in [-0.2, -0.15) is 0 Å². The van der Waals surface area contributed by atoms with E-state index in [0.29, 0.717) is 11.7 Å². The molecule has 1 amide bonds. The van der Waals surface area contributed by atoms with Crippen LogP contribution >= 0.6 is 23.6 Å². The Kier molecular flexibility index (Phi) is 6.32. The SMILES string of the molecule is O=C(Cc1nc(-c2ccccc2)cs1)NNC(=S)NC[C@@H]1CCCO1. The lowest BCUT2D eigenvalue weighted by atomic mass is 10.2. The van der Waals surface area contributed by atoms with Gasteiger partial charge >= 0.3 is 0 Å². The summed E-state index contributed by atoms with van der Waals surface area (Å²) in [5.41, 5.74) is 7.22. The number of aromatic nitrogens is 1. The van der Waals surface area contributed by atoms with Crippen LogP contribution in [-0.2, 0) is 16.0 Å². The first kappa shape index (κ1) is 17.8. The largest absolute Gasteiger partial charge is 0.376 e. The molecule has 2 heterocycles. The second-order valence-corrected chi connectivity index (χ2v) is 7.04. The minimum atomic E-state index is -0.185. The van der Waals surface area contributed by atoms with Gasteiger partial charge in [0, 0.05) is 24.1 Å². The number of carbonyl (C=O) groups is 1. The number of nitrogens with zero attached hydrogens (tertiary/aromatic N) is 1. The van der Waals surface area contributed by atoms with Crippen molar-refractivity contribution in [2.75, 3.05) is 13.2 Å². The number of thiocarbonyl (C=S) groups is 1. The lowest BCUT2D eigenvalue weighted by molar-refractivity contribution is -0.121. The van der Waals surface area contributed by atoms with Crippen molar-refractivity contribution in [1.82, 2.24) is 21.2 Å². The molecule has 2 aromatic rings. The average Bonchev–Trinajstić information content (AvgIpc) is 3.31. The maximum atomic E-state index is 12.0. The van der Waals surface area contributed by atoms with Crippen molar-refractivity contribution in [2.24, 2.45) is 0 Å². The smallest absolute Gasteiger partial charge is 0.245 e. The fourth-order valence-electron chi connectivity index (χ4n) is 2.50. The Bertz CT molecular complexity index is 714. The quantitative estimate of drug-likeness (QED) is 0.548. The van der Waals surface area contributed by atoms with Gasteiger partial charge in [-0.25, -0.2) is 4.98 Å². The van der Waals surface area contributed by atoms with Gasteiger partial charge in [-0.05, 0) is 25.1 Å². The van der Waals surface area contributed by atoms with Crippen LogP contribution in [0, 0.1) is 0 Å². The number of hydrazine groups is 1. The van der Waals surface area contributed by atoms with Gasteiger partial charge in [0.1, 0.15) is 5.01 Å². The number of benzene rings is 1. The third-order valence-corrected chi connectivity index (χ3v) is 4.86. The molecule has 25 heavy (non-hydrogen) atoms. The highest BCUT2D eigenvalue weighted by atomic mass is 32.1. The maximum Gasteiger partial charge on any atom is 0.245 e. The molecule has 8 heteroatoms. The number of nitrogens with one attached hydrogen (secondary N) is 3. The van der Waals surface area contributed by atoms with Crippen molar-refractivity contribution in [3.05, 3.63) is 40.7 Å². The summed E-state index contributed by atoms with van der Waals surface area (Å²) in [6, 6.07) is 9.90. The molecule has 3 N–H and O–H groups in total. The van der Waals surface area contributed by atoms with Crippen LogP contribution in [0.4, 0.5) is 0 Å². The first-order valence-corrected chi connectivity index (χ1v) is 9.43. The summed E-state index contributed by atoms with van der Waals surface area (Å²) in [4.78, 5) is 16.5. The van der Waals surface area contributed by atoms with Gasteiger partial charge in [0.05, 0.1) is 18.2 Å². The van der Waals surface area contributed by atoms with E-state index in [-0.39, 0.29) is 18.4 Å². The number of carbonyl (C=O) groups excluding carboxylic acids is 1. The van der Waals surface area contributed by atoms with Gasteiger partial charge in [0.25, 0.3) is 0 Å². The molecule has 0 bridgehead atoms. The Morgan fingerprint density at radius 2 is 2.16 bits per heavy atom. The lowest BCUT2D eigenvalue weighted by Gasteiger charge is -2.14. The Balaban J connectivity index is 1.40. The van der Waals surface area contributed by atoms with E-state index in [9.17, 15) is 4.79 Å². The standard InChI is InChI=1S/C17H20N4O2S2/c22-15(20-21-17(24)18-10-13-7-4-8-23-13)9-16-19-14(11-25-16)12-5-2-1-3-6-12/h1-3,5-6,11,13H,4,7-10H2,(H,20,22)(H2,18,21,24)/t13-/m0/s1. The molecule has 1 saturated heterocycles. The minimum absolute atomic E-state index is 0.185. The van der Waals surface area contributed by atoms with Crippen molar-refractivity contribution < 1.29 is 9.53 Å². The summed E-state index contributed by atoms with van der Waals surface area (Å²) in [7, 11) is 0. The van der Waals surface area contributed by atoms with Gasteiger partial charge in [0.15, 0.2) is 5.11 Å². The van der Waals surface area contributed by atoms with Gasteiger partial charge in [-0.1, -0.05) is 30.3 Å². The summed E-state index contributed by atoms with van der Waals surface area (Å²) in [6.07, 6.45) is 2.53. The lowest BCUT2D eigenvalue weighted by Crippen LogP contribution is -2.48. The highest BCUT2D eigenvalue weighted by molar-refractivity contribution is 7.80. The Hall–Kier alpha value is -2.03. The summed E-state index contributed by atoms with van der Waals surface area (Å²) in [5.74, 6) is -0.185. The third-order valence-electron chi connectivity index (χ3n) is 3.76. The number of amides is 1. The van der Waals surface area contributed by atoms with Gasteiger partial charge < -0.3 is 10.1 Å². The van der Waals surface area contributed by atoms with Crippen molar-refractivity contribution in [1.29, 1.82) is 0 Å². The van der Waals surface area contributed by atoms with Gasteiger partial charge in [-0.3, -0.25) is 15.6 Å². The van der Waals surface area contributed by atoms with E-state index in [1.807, 2.05) is 35.7 Å². The van der Waals surface area contributed by atoms with Crippen molar-refractivity contribution in [3.63, 3.8) is 0 Å². The second-order valence-electron chi connectivity index (χ2n) is 5.69. The average molecular weight is 377 g/mol. The molecule has 1 aromatic carbocycles. The van der Waals surface area contributed by atoms with E-state index in [1.165, 1.54) is 11.3 Å². The van der Waals surface area contributed by atoms with Crippen molar-refractivity contribution in [2.45, 2.75) is 25.4 Å². The third kappa shape index (κ3) is 5.48. The van der Waals surface area contributed by atoms with Crippen LogP contribution in [0.1, 0.15) is 17.8 Å². The molecule has 0 spiro atoms. The first-order valence-electron chi connectivity index (χ1n) is 8.15. The fourth-order valence-corrected chi connectivity index (χ4v) is 3.43. The zero-order valence-corrected chi connectivity index (χ0v) is 15.3. The van der Waals surface area contributed by atoms with Gasteiger partial charge in [0.2, 0.25) is 5.91 Å². The molecule has 132 valence electrons. The van der Waals surface area contributed by atoms with E-state index < -0.39 is 0 Å². The number of hydrogen-bond acceptors (Lipinski definition) is 5. The summed E-state index contributed by atoms with van der Waals surface area (Å²) >= 11 is 6.60. The molecule has 0 radical (unpaired) electrons. The molecular formula is C17H20N4O2S2. The normalized spacial score (nSPS) is 16.4. The highest BCUT2D eigenvalue weighted by Gasteiger charge is 2.15. The minimum Gasteiger partial charge on any atom is -0.376 e. The number of hydrogen-bond donors (Lipinski definition) is 3. The number of rotatable bonds is 5. The zero-order valence-electron chi connectivity index (χ0n) is 13.7. The molecule has 1 atom stereocenters. The molecule has 0 saturated carbocycles. The molecular weight excluding hydrogens is 356 g/mol. The van der Waals surface area contributed by atoms with E-state index >= 15 is 0 Å². The molecule has 0 aliphatic carbocycles. The van der Waals surface area contributed by atoms with Crippen LogP contribution in [0.3, 0.4) is 0 Å². The topological polar surface area (TPSA) is 75.3 Å². The summed E-state index contributed by atoms with van der Waals surface area (Å²) in [5, 5.41) is 6.14. The molecule has 6 nitrogen and oxygen atoms in total. The van der Waals surface area contributed by atoms with Crippen LogP contribution in [0.15, 0.2) is 35.7 Å². The number of ether oxygens (including phenoxy) is 1. The maximum absolute atomic E-state index is 12.0. The molecule has 3 rings (SSSR count).